The number of nitrogens with one attached hydrogen (secondary N) is 1. The van der Waals surface area contributed by atoms with Gasteiger partial charge in [-0.2, -0.15) is 4.98 Å². The Morgan fingerprint density at radius 1 is 1.08 bits per heavy atom. The van der Waals surface area contributed by atoms with Gasteiger partial charge in [-0.3, -0.25) is 0 Å². The predicted molar refractivity (Wildman–Crippen MR) is 106 cm³/mol. The Labute approximate surface area is 158 Å². The summed E-state index contributed by atoms with van der Waals surface area (Å²) in [6.07, 6.45) is 2.17. The second kappa shape index (κ2) is 7.30. The molecule has 134 valence electrons. The second-order valence-corrected chi connectivity index (χ2v) is 6.27. The van der Waals surface area contributed by atoms with Gasteiger partial charge in [-0.1, -0.05) is 30.3 Å². The third-order valence-electron chi connectivity index (χ3n) is 4.72. The van der Waals surface area contributed by atoms with Crippen molar-refractivity contribution in [2.75, 3.05) is 16.8 Å². The van der Waals surface area contributed by atoms with Crippen molar-refractivity contribution in [3.8, 4) is 0 Å². The van der Waals surface area contributed by atoms with Crippen LogP contribution in [0.2, 0.25) is 0 Å². The Morgan fingerprint density at radius 2 is 1.88 bits per heavy atom. The molecule has 0 radical (unpaired) electrons. The summed E-state index contributed by atoms with van der Waals surface area (Å²) in [5.74, 6) is 0.249. The van der Waals surface area contributed by atoms with Crippen LogP contribution in [-0.4, -0.2) is 16.5 Å². The fourth-order valence-electron chi connectivity index (χ4n) is 3.14. The molecule has 4 nitrogen and oxygen atoms in total. The smallest absolute Gasteiger partial charge is 0.232 e. The molecule has 0 atom stereocenters. The van der Waals surface area contributed by atoms with Crippen LogP contribution in [0.15, 0.2) is 48.7 Å². The van der Waals surface area contributed by atoms with E-state index in [9.17, 15) is 4.39 Å². The molecule has 1 aromatic heterocycles. The van der Waals surface area contributed by atoms with E-state index in [1.54, 1.807) is 0 Å². The Hall–Kier alpha value is -2.66. The van der Waals surface area contributed by atoms with E-state index >= 15 is 0 Å². The molecule has 0 aliphatic carbocycles. The maximum Gasteiger partial charge on any atom is 0.232 e. The molecule has 1 aliphatic heterocycles. The second-order valence-electron chi connectivity index (χ2n) is 6.27. The van der Waals surface area contributed by atoms with Gasteiger partial charge in [0, 0.05) is 17.9 Å². The van der Waals surface area contributed by atoms with Crippen molar-refractivity contribution in [2.24, 2.45) is 0 Å². The maximum absolute atomic E-state index is 14.3. The molecule has 3 aromatic rings. The summed E-state index contributed by atoms with van der Waals surface area (Å²) < 4.78 is 14.3. The molecule has 1 aliphatic rings. The van der Waals surface area contributed by atoms with E-state index in [0.717, 1.165) is 35.5 Å². The van der Waals surface area contributed by atoms with Gasteiger partial charge in [0.2, 0.25) is 5.95 Å². The number of hydrogen-bond acceptors (Lipinski definition) is 4. The molecule has 4 rings (SSSR count). The average Bonchev–Trinajstić information content (AvgIpc) is 3.05. The summed E-state index contributed by atoms with van der Waals surface area (Å²) in [4.78, 5) is 10.7. The van der Waals surface area contributed by atoms with Crippen molar-refractivity contribution in [2.45, 2.75) is 20.3 Å². The molecule has 0 amide bonds. The summed E-state index contributed by atoms with van der Waals surface area (Å²) in [5.41, 5.74) is 5.43. The van der Waals surface area contributed by atoms with Crippen LogP contribution in [0.25, 0.3) is 0 Å². The van der Waals surface area contributed by atoms with E-state index in [-0.39, 0.29) is 18.2 Å². The van der Waals surface area contributed by atoms with Gasteiger partial charge in [-0.25, -0.2) is 9.37 Å². The van der Waals surface area contributed by atoms with Crippen molar-refractivity contribution in [1.29, 1.82) is 0 Å². The topological polar surface area (TPSA) is 41.1 Å². The molecule has 6 heteroatoms. The van der Waals surface area contributed by atoms with Crippen LogP contribution in [0, 0.1) is 19.7 Å². The Morgan fingerprint density at radius 3 is 2.73 bits per heavy atom. The van der Waals surface area contributed by atoms with Crippen molar-refractivity contribution in [1.82, 2.24) is 9.97 Å². The minimum Gasteiger partial charge on any atom is -0.337 e. The van der Waals surface area contributed by atoms with Crippen LogP contribution < -0.4 is 10.2 Å². The number of para-hydroxylation sites is 1. The molecule has 1 N–H and O–H groups in total. The maximum atomic E-state index is 14.3. The highest BCUT2D eigenvalue weighted by Gasteiger charge is 2.23. The molecule has 0 saturated heterocycles. The Bertz CT molecular complexity index is 945. The predicted octanol–water partition coefficient (Wildman–Crippen LogP) is 5.09. The van der Waals surface area contributed by atoms with Crippen LogP contribution in [0.4, 0.5) is 27.5 Å². The fourth-order valence-corrected chi connectivity index (χ4v) is 3.14. The van der Waals surface area contributed by atoms with Crippen molar-refractivity contribution < 1.29 is 4.39 Å². The van der Waals surface area contributed by atoms with Crippen LogP contribution in [0.3, 0.4) is 0 Å². The normalized spacial score (nSPS) is 12.5. The van der Waals surface area contributed by atoms with Gasteiger partial charge in [0.15, 0.2) is 11.6 Å². The largest absolute Gasteiger partial charge is 0.337 e. The molecule has 2 aromatic carbocycles. The van der Waals surface area contributed by atoms with E-state index in [2.05, 4.69) is 21.4 Å². The standard InChI is InChI=1S/C20H19FN4.ClH/c1-13-6-5-8-17(14(13)2)23-19-16(21)12-22-20(24-19)25-11-10-15-7-3-4-9-18(15)25;/h3-9,12H,10-11H2,1-2H3,(H,22,23,24);1H. The van der Waals surface area contributed by atoms with Crippen LogP contribution in [-0.2, 0) is 6.42 Å². The quantitative estimate of drug-likeness (QED) is 0.697. The molecule has 0 unspecified atom stereocenters. The van der Waals surface area contributed by atoms with Gasteiger partial charge >= 0.3 is 0 Å². The first-order chi connectivity index (χ1) is 12.1. The Balaban J connectivity index is 0.00000196. The van der Waals surface area contributed by atoms with Crippen LogP contribution in [0.1, 0.15) is 16.7 Å². The monoisotopic (exact) mass is 370 g/mol. The number of benzene rings is 2. The lowest BCUT2D eigenvalue weighted by Crippen LogP contribution is -2.17. The molecule has 26 heavy (non-hydrogen) atoms. The number of anilines is 4. The summed E-state index contributed by atoms with van der Waals surface area (Å²) in [7, 11) is 0. The molecule has 2 heterocycles. The summed E-state index contributed by atoms with van der Waals surface area (Å²) in [5, 5.41) is 3.12. The van der Waals surface area contributed by atoms with Crippen molar-refractivity contribution in [3.05, 3.63) is 71.2 Å². The lowest BCUT2D eigenvalue weighted by molar-refractivity contribution is 0.618. The highest BCUT2D eigenvalue weighted by Crippen LogP contribution is 2.33. The molecule has 0 saturated carbocycles. The molecule has 0 bridgehead atoms. The highest BCUT2D eigenvalue weighted by atomic mass is 35.5. The number of aromatic nitrogens is 2. The van der Waals surface area contributed by atoms with E-state index in [1.165, 1.54) is 11.8 Å². The third kappa shape index (κ3) is 3.22. The average molecular weight is 371 g/mol. The van der Waals surface area contributed by atoms with Crippen molar-refractivity contribution in [3.63, 3.8) is 0 Å². The number of hydrogen-bond donors (Lipinski definition) is 1. The van der Waals surface area contributed by atoms with Gasteiger partial charge in [0.05, 0.1) is 6.20 Å². The van der Waals surface area contributed by atoms with Crippen LogP contribution in [0.5, 0.6) is 0 Å². The number of halogens is 2. The summed E-state index contributed by atoms with van der Waals surface area (Å²) >= 11 is 0. The number of rotatable bonds is 3. The summed E-state index contributed by atoms with van der Waals surface area (Å²) in [6, 6.07) is 14.1. The molecule has 0 fully saturated rings. The lowest BCUT2D eigenvalue weighted by atomic mass is 10.1. The molecular weight excluding hydrogens is 351 g/mol. The summed E-state index contributed by atoms with van der Waals surface area (Å²) in [6.45, 7) is 4.84. The van der Waals surface area contributed by atoms with Gasteiger partial charge in [-0.05, 0) is 49.1 Å². The van der Waals surface area contributed by atoms with Crippen molar-refractivity contribution >= 4 is 35.5 Å². The number of nitrogens with zero attached hydrogens (tertiary/aromatic N) is 3. The van der Waals surface area contributed by atoms with E-state index in [1.807, 2.05) is 55.1 Å². The third-order valence-corrected chi connectivity index (χ3v) is 4.72. The zero-order valence-corrected chi connectivity index (χ0v) is 15.5. The zero-order chi connectivity index (χ0) is 17.4. The van der Waals surface area contributed by atoms with E-state index in [4.69, 9.17) is 0 Å². The number of aryl methyl sites for hydroxylation is 1. The zero-order valence-electron chi connectivity index (χ0n) is 14.7. The van der Waals surface area contributed by atoms with Crippen LogP contribution >= 0.6 is 12.4 Å². The first-order valence-corrected chi connectivity index (χ1v) is 8.35. The fraction of sp³-hybridized carbons (Fsp3) is 0.200. The highest BCUT2D eigenvalue weighted by molar-refractivity contribution is 5.85. The van der Waals surface area contributed by atoms with E-state index in [0.29, 0.717) is 5.95 Å². The van der Waals surface area contributed by atoms with E-state index < -0.39 is 5.82 Å². The van der Waals surface area contributed by atoms with Gasteiger partial charge in [0.1, 0.15) is 0 Å². The first-order valence-electron chi connectivity index (χ1n) is 8.35. The molecular formula is C20H20ClFN4. The lowest BCUT2D eigenvalue weighted by Gasteiger charge is -2.18. The van der Waals surface area contributed by atoms with Gasteiger partial charge in [0.25, 0.3) is 0 Å². The molecule has 0 spiro atoms. The van der Waals surface area contributed by atoms with Gasteiger partial charge in [-0.15, -0.1) is 12.4 Å². The number of fused-ring (bicyclic) bond motifs is 1. The Kier molecular flexibility index (Phi) is 5.09. The minimum absolute atomic E-state index is 0. The minimum atomic E-state index is -0.461. The first kappa shape index (κ1) is 18.1. The van der Waals surface area contributed by atoms with Gasteiger partial charge < -0.3 is 10.2 Å². The SMILES string of the molecule is Cc1cccc(Nc2nc(N3CCc4ccccc43)ncc2F)c1C.Cl.